The summed E-state index contributed by atoms with van der Waals surface area (Å²) in [6.45, 7) is 11.1. The lowest BCUT2D eigenvalue weighted by Crippen LogP contribution is -2.45. The molecule has 0 aliphatic carbocycles. The first-order valence-corrected chi connectivity index (χ1v) is 7.16. The average molecular weight is 273 g/mol. The number of hydrogen-bond donors (Lipinski definition) is 3. The van der Waals surface area contributed by atoms with Crippen LogP contribution in [-0.4, -0.2) is 56.8 Å². The second kappa shape index (κ2) is 12.2. The minimum atomic E-state index is 0.355. The molecule has 19 heavy (non-hydrogen) atoms. The molecule has 4 N–H and O–H groups in total. The lowest BCUT2D eigenvalue weighted by molar-refractivity contribution is 0.208. The van der Waals surface area contributed by atoms with Gasteiger partial charge in [-0.25, -0.2) is 10.8 Å². The van der Waals surface area contributed by atoms with Crippen LogP contribution in [0, 0.1) is 0 Å². The zero-order valence-electron chi connectivity index (χ0n) is 12.9. The zero-order valence-corrected chi connectivity index (χ0v) is 12.9. The van der Waals surface area contributed by atoms with Crippen molar-refractivity contribution in [1.82, 2.24) is 15.6 Å². The van der Waals surface area contributed by atoms with Crippen molar-refractivity contribution in [2.45, 2.75) is 39.7 Å². The summed E-state index contributed by atoms with van der Waals surface area (Å²) >= 11 is 0. The van der Waals surface area contributed by atoms with Crippen LogP contribution in [0.1, 0.15) is 33.6 Å². The molecule has 0 aliphatic heterocycles. The van der Waals surface area contributed by atoms with E-state index in [2.05, 4.69) is 41.4 Å². The molecule has 6 heteroatoms. The normalized spacial score (nSPS) is 13.7. The predicted octanol–water partition coefficient (Wildman–Crippen LogP) is 0.552. The lowest BCUT2D eigenvalue weighted by atomic mass is 10.2. The molecule has 0 heterocycles. The minimum Gasteiger partial charge on any atom is -0.383 e. The van der Waals surface area contributed by atoms with Crippen LogP contribution in [0.4, 0.5) is 0 Å². The third-order valence-electron chi connectivity index (χ3n) is 3.09. The van der Waals surface area contributed by atoms with Gasteiger partial charge < -0.3 is 15.0 Å². The SMILES string of the molecule is CCN(CC)CCCC(C)NC(=NCCOC)NN. The van der Waals surface area contributed by atoms with Crippen LogP contribution < -0.4 is 16.6 Å². The molecule has 0 aliphatic rings. The number of aliphatic imine (C=N–C) groups is 1. The van der Waals surface area contributed by atoms with Crippen LogP contribution in [0.25, 0.3) is 0 Å². The molecule has 0 saturated carbocycles. The number of guanidine groups is 1. The molecule has 0 aromatic heterocycles. The summed E-state index contributed by atoms with van der Waals surface area (Å²) in [6.07, 6.45) is 2.27. The summed E-state index contributed by atoms with van der Waals surface area (Å²) in [7, 11) is 1.66. The van der Waals surface area contributed by atoms with Gasteiger partial charge >= 0.3 is 0 Å². The fourth-order valence-electron chi connectivity index (χ4n) is 1.85. The first-order valence-electron chi connectivity index (χ1n) is 7.16. The van der Waals surface area contributed by atoms with Crippen molar-refractivity contribution in [1.29, 1.82) is 0 Å². The molecule has 0 bridgehead atoms. The lowest BCUT2D eigenvalue weighted by Gasteiger charge is -2.20. The summed E-state index contributed by atoms with van der Waals surface area (Å²) in [6, 6.07) is 0.355. The maximum Gasteiger partial charge on any atom is 0.206 e. The highest BCUT2D eigenvalue weighted by molar-refractivity contribution is 5.79. The van der Waals surface area contributed by atoms with Gasteiger partial charge in [0.15, 0.2) is 0 Å². The van der Waals surface area contributed by atoms with Gasteiger partial charge in [0.25, 0.3) is 0 Å². The molecule has 114 valence electrons. The molecule has 0 spiro atoms. The average Bonchev–Trinajstić information content (AvgIpc) is 2.42. The molecule has 0 amide bonds. The van der Waals surface area contributed by atoms with E-state index in [1.165, 1.54) is 6.42 Å². The second-order valence-corrected chi connectivity index (χ2v) is 4.58. The Balaban J connectivity index is 3.87. The van der Waals surface area contributed by atoms with E-state index in [-0.39, 0.29) is 0 Å². The van der Waals surface area contributed by atoms with Crippen molar-refractivity contribution < 1.29 is 4.74 Å². The Morgan fingerprint density at radius 2 is 2.05 bits per heavy atom. The molecule has 6 nitrogen and oxygen atoms in total. The fraction of sp³-hybridized carbons (Fsp3) is 0.923. The van der Waals surface area contributed by atoms with E-state index in [1.807, 2.05) is 0 Å². The first-order chi connectivity index (χ1) is 9.17. The second-order valence-electron chi connectivity index (χ2n) is 4.58. The Morgan fingerprint density at radius 3 is 2.58 bits per heavy atom. The van der Waals surface area contributed by atoms with Gasteiger partial charge in [0.2, 0.25) is 5.96 Å². The van der Waals surface area contributed by atoms with E-state index in [4.69, 9.17) is 10.6 Å². The molecule has 0 fully saturated rings. The Kier molecular flexibility index (Phi) is 11.7. The summed E-state index contributed by atoms with van der Waals surface area (Å²) in [4.78, 5) is 6.71. The number of hydrogen-bond acceptors (Lipinski definition) is 4. The standard InChI is InChI=1S/C13H31N5O/c1-5-18(6-2)10-7-8-12(3)16-13(17-14)15-9-11-19-4/h12H,5-11,14H2,1-4H3,(H2,15,16,17). The Labute approximate surface area is 117 Å². The number of nitrogens with one attached hydrogen (secondary N) is 2. The summed E-state index contributed by atoms with van der Waals surface area (Å²) in [5.74, 6) is 6.06. The van der Waals surface area contributed by atoms with Crippen LogP contribution in [0.5, 0.6) is 0 Å². The Hall–Kier alpha value is -0.850. The van der Waals surface area contributed by atoms with Crippen molar-refractivity contribution in [2.75, 3.05) is 39.9 Å². The van der Waals surface area contributed by atoms with Gasteiger partial charge in [-0.1, -0.05) is 13.8 Å². The summed E-state index contributed by atoms with van der Waals surface area (Å²) in [5, 5.41) is 3.28. The highest BCUT2D eigenvalue weighted by Crippen LogP contribution is 1.99. The van der Waals surface area contributed by atoms with Crippen LogP contribution in [0.2, 0.25) is 0 Å². The molecule has 0 radical (unpaired) electrons. The van der Waals surface area contributed by atoms with E-state index >= 15 is 0 Å². The number of hydrazine groups is 1. The monoisotopic (exact) mass is 273 g/mol. The quantitative estimate of drug-likeness (QED) is 0.178. The van der Waals surface area contributed by atoms with Crippen molar-refractivity contribution >= 4 is 5.96 Å². The van der Waals surface area contributed by atoms with Gasteiger partial charge in [-0.05, 0) is 39.4 Å². The van der Waals surface area contributed by atoms with Crippen molar-refractivity contribution in [3.63, 3.8) is 0 Å². The topological polar surface area (TPSA) is 74.9 Å². The molecule has 0 rings (SSSR count). The number of nitrogens with zero attached hydrogens (tertiary/aromatic N) is 2. The third-order valence-corrected chi connectivity index (χ3v) is 3.09. The number of ether oxygens (including phenoxy) is 1. The smallest absolute Gasteiger partial charge is 0.206 e. The summed E-state index contributed by atoms with van der Waals surface area (Å²) in [5.41, 5.74) is 2.59. The molecule has 0 aromatic carbocycles. The maximum absolute atomic E-state index is 5.43. The van der Waals surface area contributed by atoms with Gasteiger partial charge in [-0.2, -0.15) is 0 Å². The van der Waals surface area contributed by atoms with Crippen molar-refractivity contribution in [3.8, 4) is 0 Å². The van der Waals surface area contributed by atoms with Crippen molar-refractivity contribution in [2.24, 2.45) is 10.8 Å². The molecule has 1 atom stereocenters. The van der Waals surface area contributed by atoms with E-state index in [1.54, 1.807) is 7.11 Å². The molecule has 0 saturated heterocycles. The van der Waals surface area contributed by atoms with Crippen LogP contribution >= 0.6 is 0 Å². The molecule has 0 aromatic rings. The van der Waals surface area contributed by atoms with E-state index < -0.39 is 0 Å². The number of rotatable bonds is 10. The Morgan fingerprint density at radius 1 is 1.37 bits per heavy atom. The fourth-order valence-corrected chi connectivity index (χ4v) is 1.85. The third kappa shape index (κ3) is 9.69. The molecular formula is C13H31N5O. The summed E-state index contributed by atoms with van der Waals surface area (Å²) < 4.78 is 4.95. The van der Waals surface area contributed by atoms with E-state index in [0.29, 0.717) is 25.2 Å². The molecule has 1 unspecified atom stereocenters. The zero-order chi connectivity index (χ0) is 14.5. The molecular weight excluding hydrogens is 242 g/mol. The van der Waals surface area contributed by atoms with Crippen LogP contribution in [-0.2, 0) is 4.74 Å². The number of methoxy groups -OCH3 is 1. The largest absolute Gasteiger partial charge is 0.383 e. The predicted molar refractivity (Wildman–Crippen MR) is 81.1 cm³/mol. The van der Waals surface area contributed by atoms with Gasteiger partial charge in [-0.15, -0.1) is 0 Å². The van der Waals surface area contributed by atoms with Crippen LogP contribution in [0.3, 0.4) is 0 Å². The van der Waals surface area contributed by atoms with Gasteiger partial charge in [0.05, 0.1) is 13.2 Å². The van der Waals surface area contributed by atoms with Gasteiger partial charge in [-0.3, -0.25) is 5.43 Å². The minimum absolute atomic E-state index is 0.355. The Bertz CT molecular complexity index is 231. The highest BCUT2D eigenvalue weighted by Gasteiger charge is 2.05. The first kappa shape index (κ1) is 18.1. The van der Waals surface area contributed by atoms with Crippen molar-refractivity contribution in [3.05, 3.63) is 0 Å². The van der Waals surface area contributed by atoms with Crippen LogP contribution in [0.15, 0.2) is 4.99 Å². The van der Waals surface area contributed by atoms with E-state index in [0.717, 1.165) is 26.1 Å². The van der Waals surface area contributed by atoms with Gasteiger partial charge in [0.1, 0.15) is 0 Å². The maximum atomic E-state index is 5.43. The number of nitrogens with two attached hydrogens (primary N) is 1. The van der Waals surface area contributed by atoms with E-state index in [9.17, 15) is 0 Å². The van der Waals surface area contributed by atoms with Gasteiger partial charge in [0, 0.05) is 13.2 Å². The highest BCUT2D eigenvalue weighted by atomic mass is 16.5.